The molecule has 0 saturated heterocycles. The number of allylic oxidation sites excluding steroid dienone is 2. The van der Waals surface area contributed by atoms with Crippen LogP contribution in [-0.2, 0) is 23.9 Å². The van der Waals surface area contributed by atoms with Crippen LogP contribution in [0.3, 0.4) is 0 Å². The fraction of sp³-hybridized carbons (Fsp3) is 0.720. The van der Waals surface area contributed by atoms with E-state index in [2.05, 4.69) is 20.8 Å². The Kier molecular flexibility index (Phi) is 6.05. The molecule has 3 rings (SSSR count). The molecule has 3 fully saturated rings. The van der Waals surface area contributed by atoms with Gasteiger partial charge in [-0.2, -0.15) is 0 Å². The van der Waals surface area contributed by atoms with Crippen LogP contribution in [0.15, 0.2) is 23.3 Å². The van der Waals surface area contributed by atoms with Gasteiger partial charge in [-0.25, -0.2) is 9.59 Å². The molecule has 0 spiro atoms. The highest BCUT2D eigenvalue weighted by molar-refractivity contribution is 5.89. The molecular weight excluding hydrogens is 380 g/mol. The normalized spacial score (nSPS) is 40.9. The van der Waals surface area contributed by atoms with Crippen molar-refractivity contribution in [3.8, 4) is 0 Å². The van der Waals surface area contributed by atoms with Crippen molar-refractivity contribution in [3.05, 3.63) is 23.3 Å². The third kappa shape index (κ3) is 3.34. The topological polar surface area (TPSA) is 69.7 Å². The van der Waals surface area contributed by atoms with E-state index in [1.54, 1.807) is 26.0 Å². The predicted molar refractivity (Wildman–Crippen MR) is 114 cm³/mol. The Morgan fingerprint density at radius 1 is 1.07 bits per heavy atom. The maximum atomic E-state index is 13.1. The highest BCUT2D eigenvalue weighted by Crippen LogP contribution is 2.73. The molecule has 166 valence electrons. The second kappa shape index (κ2) is 7.97. The summed E-state index contributed by atoms with van der Waals surface area (Å²) in [5.74, 6) is 0.181. The van der Waals surface area contributed by atoms with Gasteiger partial charge in [0.25, 0.3) is 0 Å². The molecule has 0 N–H and O–H groups in total. The Hall–Kier alpha value is -1.91. The number of ether oxygens (including phenoxy) is 2. The van der Waals surface area contributed by atoms with Crippen LogP contribution in [0.25, 0.3) is 0 Å². The molecule has 0 aliphatic heterocycles. The zero-order chi connectivity index (χ0) is 22.4. The quantitative estimate of drug-likeness (QED) is 0.482. The van der Waals surface area contributed by atoms with Gasteiger partial charge in [0.1, 0.15) is 11.9 Å². The first-order chi connectivity index (χ1) is 14.0. The molecule has 3 aliphatic rings. The first-order valence-electron chi connectivity index (χ1n) is 11.2. The molecule has 0 aromatic heterocycles. The highest BCUT2D eigenvalue weighted by atomic mass is 16.5. The molecule has 4 bridgehead atoms. The van der Waals surface area contributed by atoms with Crippen LogP contribution in [0, 0.1) is 34.5 Å². The molecule has 0 radical (unpaired) electrons. The molecule has 0 aromatic rings. The highest BCUT2D eigenvalue weighted by Gasteiger charge is 2.74. The van der Waals surface area contributed by atoms with Crippen LogP contribution >= 0.6 is 0 Å². The Bertz CT molecular complexity index is 808. The van der Waals surface area contributed by atoms with Crippen molar-refractivity contribution in [3.63, 3.8) is 0 Å². The van der Waals surface area contributed by atoms with Crippen molar-refractivity contribution in [2.24, 2.45) is 34.5 Å². The number of ketones is 1. The van der Waals surface area contributed by atoms with Gasteiger partial charge in [0.2, 0.25) is 0 Å². The molecule has 5 nitrogen and oxygen atoms in total. The lowest BCUT2D eigenvalue weighted by atomic mass is 9.35. The molecule has 0 heterocycles. The third-order valence-corrected chi connectivity index (χ3v) is 8.39. The van der Waals surface area contributed by atoms with Crippen molar-refractivity contribution in [2.45, 2.75) is 73.8 Å². The van der Waals surface area contributed by atoms with Gasteiger partial charge < -0.3 is 9.47 Å². The van der Waals surface area contributed by atoms with Gasteiger partial charge in [-0.05, 0) is 58.3 Å². The number of Topliss-reactive ketones (excluding diaryl/α,β-unsaturated/α-hetero) is 1. The molecule has 3 aliphatic carbocycles. The van der Waals surface area contributed by atoms with E-state index in [1.165, 1.54) is 0 Å². The summed E-state index contributed by atoms with van der Waals surface area (Å²) in [7, 11) is 0. The molecule has 3 saturated carbocycles. The summed E-state index contributed by atoms with van der Waals surface area (Å²) in [5.41, 5.74) is 0.523. The summed E-state index contributed by atoms with van der Waals surface area (Å²) in [6.45, 7) is 13.9. The lowest BCUT2D eigenvalue weighted by molar-refractivity contribution is -0.239. The predicted octanol–water partition coefficient (Wildman–Crippen LogP) is 4.65. The van der Waals surface area contributed by atoms with E-state index in [0.29, 0.717) is 30.6 Å². The fourth-order valence-electron chi connectivity index (χ4n) is 6.50. The third-order valence-electron chi connectivity index (χ3n) is 8.39. The number of carbonyl (C=O) groups excluding carboxylic acids is 3. The van der Waals surface area contributed by atoms with E-state index in [-0.39, 0.29) is 58.3 Å². The smallest absolute Gasteiger partial charge is 0.333 e. The number of esters is 2. The molecule has 30 heavy (non-hydrogen) atoms. The zero-order valence-corrected chi connectivity index (χ0v) is 19.4. The molecule has 4 unspecified atom stereocenters. The van der Waals surface area contributed by atoms with Gasteiger partial charge in [0.15, 0.2) is 0 Å². The summed E-state index contributed by atoms with van der Waals surface area (Å²) in [6.07, 6.45) is 5.23. The zero-order valence-electron chi connectivity index (χ0n) is 19.4. The monoisotopic (exact) mass is 416 g/mol. The van der Waals surface area contributed by atoms with E-state index in [1.807, 2.05) is 13.8 Å². The summed E-state index contributed by atoms with van der Waals surface area (Å²) < 4.78 is 11.7. The standard InChI is InChI=1S/C25H36O5/c1-8-14(3)22(27)29-13-24(6)11-10-18(30-23(28)15(4)9-2)25(7)19-16(5)12-17(26)20(25)21(19)24/h8-9,16,18-21H,10-13H2,1-7H3/b14-8-,15-9-/t16-,18-,19?,20?,21?,24-,25?/m1/s1. The molecule has 5 heteroatoms. The van der Waals surface area contributed by atoms with Gasteiger partial charge in [0, 0.05) is 34.3 Å². The fourth-order valence-corrected chi connectivity index (χ4v) is 6.50. The summed E-state index contributed by atoms with van der Waals surface area (Å²) in [6, 6.07) is 0. The maximum absolute atomic E-state index is 13.1. The van der Waals surface area contributed by atoms with Gasteiger partial charge in [-0.1, -0.05) is 32.9 Å². The second-order valence-electron chi connectivity index (χ2n) is 10.1. The average molecular weight is 417 g/mol. The average Bonchev–Trinajstić information content (AvgIpc) is 2.86. The minimum absolute atomic E-state index is 0.142. The van der Waals surface area contributed by atoms with Crippen LogP contribution in [0.2, 0.25) is 0 Å². The Labute approximate surface area is 180 Å². The van der Waals surface area contributed by atoms with Crippen molar-refractivity contribution in [1.29, 1.82) is 0 Å². The lowest BCUT2D eigenvalue weighted by Gasteiger charge is -2.68. The lowest BCUT2D eigenvalue weighted by Crippen LogP contribution is -2.71. The van der Waals surface area contributed by atoms with Gasteiger partial charge in [-0.15, -0.1) is 0 Å². The SMILES string of the molecule is C/C=C(/C)C(=O)OC[C@@]1(C)CC[C@@H](OC(=O)/C(C)=C\C)C2(C)C3C(=O)C[C@@H](C)C2C31. The van der Waals surface area contributed by atoms with Crippen molar-refractivity contribution < 1.29 is 23.9 Å². The van der Waals surface area contributed by atoms with E-state index in [0.717, 1.165) is 6.42 Å². The first kappa shape index (κ1) is 22.8. The van der Waals surface area contributed by atoms with Crippen LogP contribution in [0.4, 0.5) is 0 Å². The van der Waals surface area contributed by atoms with E-state index >= 15 is 0 Å². The van der Waals surface area contributed by atoms with Crippen molar-refractivity contribution >= 4 is 17.7 Å². The van der Waals surface area contributed by atoms with E-state index < -0.39 is 0 Å². The molecule has 7 atom stereocenters. The number of carbonyl (C=O) groups is 3. The minimum atomic E-state index is -0.343. The van der Waals surface area contributed by atoms with Crippen LogP contribution in [-0.4, -0.2) is 30.4 Å². The maximum Gasteiger partial charge on any atom is 0.333 e. The molecular formula is C25H36O5. The number of hydrogen-bond acceptors (Lipinski definition) is 5. The van der Waals surface area contributed by atoms with E-state index in [9.17, 15) is 14.4 Å². The van der Waals surface area contributed by atoms with Crippen LogP contribution in [0.5, 0.6) is 0 Å². The molecule has 0 amide bonds. The second-order valence-corrected chi connectivity index (χ2v) is 10.1. The van der Waals surface area contributed by atoms with Gasteiger partial charge in [0.05, 0.1) is 6.61 Å². The van der Waals surface area contributed by atoms with Gasteiger partial charge in [-0.3, -0.25) is 4.79 Å². The number of fused-ring (bicyclic) bond motifs is 1. The largest absolute Gasteiger partial charge is 0.462 e. The van der Waals surface area contributed by atoms with Crippen molar-refractivity contribution in [1.82, 2.24) is 0 Å². The summed E-state index contributed by atoms with van der Waals surface area (Å²) >= 11 is 0. The molecule has 0 aromatic carbocycles. The Balaban J connectivity index is 1.92. The van der Waals surface area contributed by atoms with Gasteiger partial charge >= 0.3 is 11.9 Å². The first-order valence-corrected chi connectivity index (χ1v) is 11.2. The Morgan fingerprint density at radius 3 is 2.23 bits per heavy atom. The number of rotatable bonds is 5. The van der Waals surface area contributed by atoms with Crippen LogP contribution in [0.1, 0.15) is 67.7 Å². The Morgan fingerprint density at radius 2 is 1.67 bits per heavy atom. The van der Waals surface area contributed by atoms with Crippen molar-refractivity contribution in [2.75, 3.05) is 6.61 Å². The minimum Gasteiger partial charge on any atom is -0.462 e. The summed E-state index contributed by atoms with van der Waals surface area (Å²) in [5, 5.41) is 0. The summed E-state index contributed by atoms with van der Waals surface area (Å²) in [4.78, 5) is 38.0. The van der Waals surface area contributed by atoms with E-state index in [4.69, 9.17) is 9.47 Å². The van der Waals surface area contributed by atoms with Crippen LogP contribution < -0.4 is 0 Å². The number of hydrogen-bond donors (Lipinski definition) is 0.